The van der Waals surface area contributed by atoms with Crippen LogP contribution in [0.5, 0.6) is 5.75 Å². The Kier molecular flexibility index (Phi) is 3.29. The maximum Gasteiger partial charge on any atom is 0.123 e. The zero-order chi connectivity index (χ0) is 12.4. The molecule has 0 spiro atoms. The van der Waals surface area contributed by atoms with Gasteiger partial charge in [-0.15, -0.1) is 0 Å². The van der Waals surface area contributed by atoms with Crippen LogP contribution in [-0.4, -0.2) is 19.2 Å². The highest BCUT2D eigenvalue weighted by Gasteiger charge is 2.41. The van der Waals surface area contributed by atoms with E-state index < -0.39 is 0 Å². The second-order valence-electron chi connectivity index (χ2n) is 5.93. The molecule has 2 heteroatoms. The Morgan fingerprint density at radius 3 is 2.89 bits per heavy atom. The molecule has 2 nitrogen and oxygen atoms in total. The number of hydrogen-bond donors (Lipinski definition) is 1. The molecule has 1 aliphatic heterocycles. The molecule has 1 fully saturated rings. The van der Waals surface area contributed by atoms with Crippen LogP contribution in [0.4, 0.5) is 0 Å². The largest absolute Gasteiger partial charge is 0.488 e. The second kappa shape index (κ2) is 4.93. The van der Waals surface area contributed by atoms with Crippen molar-refractivity contribution in [3.05, 3.63) is 29.8 Å². The zero-order valence-corrected chi connectivity index (χ0v) is 11.2. The van der Waals surface area contributed by atoms with Crippen LogP contribution in [0.2, 0.25) is 0 Å². The third-order valence-corrected chi connectivity index (χ3v) is 4.32. The molecule has 0 amide bonds. The van der Waals surface area contributed by atoms with Crippen molar-refractivity contribution in [2.75, 3.05) is 13.1 Å². The Morgan fingerprint density at radius 1 is 1.33 bits per heavy atom. The minimum atomic E-state index is 0.333. The number of hydrogen-bond acceptors (Lipinski definition) is 2. The predicted molar refractivity (Wildman–Crippen MR) is 74.0 cm³/mol. The highest BCUT2D eigenvalue weighted by Crippen LogP contribution is 2.48. The van der Waals surface area contributed by atoms with Crippen LogP contribution in [0.1, 0.15) is 38.2 Å². The van der Waals surface area contributed by atoms with Gasteiger partial charge in [0.25, 0.3) is 0 Å². The van der Waals surface area contributed by atoms with Crippen LogP contribution in [0.25, 0.3) is 0 Å². The number of benzene rings is 1. The van der Waals surface area contributed by atoms with Gasteiger partial charge in [0.15, 0.2) is 0 Å². The van der Waals surface area contributed by atoms with E-state index in [1.54, 1.807) is 0 Å². The van der Waals surface area contributed by atoms with E-state index in [4.69, 9.17) is 4.74 Å². The fourth-order valence-corrected chi connectivity index (χ4v) is 3.09. The summed E-state index contributed by atoms with van der Waals surface area (Å²) in [6.45, 7) is 4.45. The van der Waals surface area contributed by atoms with Gasteiger partial charge in [-0.05, 0) is 36.3 Å². The summed E-state index contributed by atoms with van der Waals surface area (Å²) in [5.74, 6) is 1.08. The summed E-state index contributed by atoms with van der Waals surface area (Å²) in [7, 11) is 0. The zero-order valence-electron chi connectivity index (χ0n) is 11.2. The van der Waals surface area contributed by atoms with Crippen LogP contribution in [0, 0.1) is 5.41 Å². The van der Waals surface area contributed by atoms with Crippen molar-refractivity contribution in [3.63, 3.8) is 0 Å². The normalized spacial score (nSPS) is 23.5. The first-order valence-corrected chi connectivity index (χ1v) is 7.27. The Hall–Kier alpha value is -1.02. The van der Waals surface area contributed by atoms with Gasteiger partial charge in [-0.3, -0.25) is 0 Å². The quantitative estimate of drug-likeness (QED) is 0.831. The molecule has 2 aliphatic rings. The van der Waals surface area contributed by atoms with Gasteiger partial charge in [-0.2, -0.15) is 0 Å². The van der Waals surface area contributed by atoms with E-state index in [2.05, 4.69) is 36.5 Å². The molecular weight excluding hydrogens is 222 g/mol. The fraction of sp³-hybridized carbons (Fsp3) is 0.625. The van der Waals surface area contributed by atoms with Gasteiger partial charge in [0.05, 0.1) is 0 Å². The molecule has 1 aromatic carbocycles. The van der Waals surface area contributed by atoms with E-state index in [0.717, 1.165) is 18.7 Å². The maximum atomic E-state index is 5.94. The molecule has 1 N–H and O–H groups in total. The molecule has 0 saturated heterocycles. The van der Waals surface area contributed by atoms with E-state index in [1.807, 2.05) is 0 Å². The number of para-hydroxylation sites is 1. The van der Waals surface area contributed by atoms with Crippen molar-refractivity contribution >= 4 is 0 Å². The molecule has 1 aromatic rings. The first-order valence-electron chi connectivity index (χ1n) is 7.27. The molecule has 0 aromatic heterocycles. The van der Waals surface area contributed by atoms with E-state index in [9.17, 15) is 0 Å². The summed E-state index contributed by atoms with van der Waals surface area (Å²) in [5, 5.41) is 3.62. The molecule has 1 atom stereocenters. The van der Waals surface area contributed by atoms with Crippen LogP contribution in [0.15, 0.2) is 24.3 Å². The van der Waals surface area contributed by atoms with Crippen molar-refractivity contribution < 1.29 is 4.74 Å². The summed E-state index contributed by atoms with van der Waals surface area (Å²) in [5.41, 5.74) is 2.00. The molecule has 3 rings (SSSR count). The Labute approximate surface area is 110 Å². The Morgan fingerprint density at radius 2 is 2.17 bits per heavy atom. The van der Waals surface area contributed by atoms with Crippen LogP contribution in [-0.2, 0) is 6.42 Å². The Balaban J connectivity index is 1.44. The van der Waals surface area contributed by atoms with E-state index in [0.29, 0.717) is 11.5 Å². The molecule has 1 saturated carbocycles. The van der Waals surface area contributed by atoms with Gasteiger partial charge in [0.1, 0.15) is 11.9 Å². The van der Waals surface area contributed by atoms with Crippen LogP contribution >= 0.6 is 0 Å². The molecule has 1 heterocycles. The maximum absolute atomic E-state index is 5.94. The van der Waals surface area contributed by atoms with Gasteiger partial charge in [0.2, 0.25) is 0 Å². The van der Waals surface area contributed by atoms with Gasteiger partial charge in [-0.25, -0.2) is 0 Å². The van der Waals surface area contributed by atoms with E-state index >= 15 is 0 Å². The number of nitrogens with one attached hydrogen (secondary N) is 1. The van der Waals surface area contributed by atoms with Gasteiger partial charge >= 0.3 is 0 Å². The lowest BCUT2D eigenvalue weighted by Gasteiger charge is -2.17. The minimum Gasteiger partial charge on any atom is -0.488 e. The number of ether oxygens (including phenoxy) is 1. The lowest BCUT2D eigenvalue weighted by Crippen LogP contribution is -2.34. The summed E-state index contributed by atoms with van der Waals surface area (Å²) >= 11 is 0. The average molecular weight is 245 g/mol. The van der Waals surface area contributed by atoms with Crippen LogP contribution in [0.3, 0.4) is 0 Å². The molecule has 1 unspecified atom stereocenters. The lowest BCUT2D eigenvalue weighted by molar-refractivity contribution is 0.222. The Bertz CT molecular complexity index is 386. The van der Waals surface area contributed by atoms with Gasteiger partial charge in [0, 0.05) is 19.5 Å². The third kappa shape index (κ3) is 2.54. The van der Waals surface area contributed by atoms with E-state index in [-0.39, 0.29) is 0 Å². The monoisotopic (exact) mass is 245 g/mol. The van der Waals surface area contributed by atoms with Gasteiger partial charge in [-0.1, -0.05) is 31.5 Å². The highest BCUT2D eigenvalue weighted by atomic mass is 16.5. The summed E-state index contributed by atoms with van der Waals surface area (Å²) < 4.78 is 5.94. The van der Waals surface area contributed by atoms with Crippen molar-refractivity contribution in [2.45, 2.75) is 45.1 Å². The molecule has 0 bridgehead atoms. The summed E-state index contributed by atoms with van der Waals surface area (Å²) in [4.78, 5) is 0. The topological polar surface area (TPSA) is 21.3 Å². The molecule has 98 valence electrons. The molecule has 18 heavy (non-hydrogen) atoms. The third-order valence-electron chi connectivity index (χ3n) is 4.32. The molecule has 0 radical (unpaired) electrons. The smallest absolute Gasteiger partial charge is 0.123 e. The highest BCUT2D eigenvalue weighted by molar-refractivity contribution is 5.37. The second-order valence-corrected chi connectivity index (χ2v) is 5.93. The van der Waals surface area contributed by atoms with Gasteiger partial charge < -0.3 is 10.1 Å². The van der Waals surface area contributed by atoms with Crippen molar-refractivity contribution in [1.29, 1.82) is 0 Å². The molecule has 1 aliphatic carbocycles. The SMILES string of the molecule is CCCC1(CNCC2Cc3ccccc3O2)CC1. The predicted octanol–water partition coefficient (Wildman–Crippen LogP) is 3.16. The summed E-state index contributed by atoms with van der Waals surface area (Å²) in [6, 6.07) is 8.40. The lowest BCUT2D eigenvalue weighted by atomic mass is 10.0. The van der Waals surface area contributed by atoms with Crippen LogP contribution < -0.4 is 10.1 Å². The fourth-order valence-electron chi connectivity index (χ4n) is 3.09. The number of fused-ring (bicyclic) bond motifs is 1. The molecular formula is C16H23NO. The first-order chi connectivity index (χ1) is 8.81. The number of rotatable bonds is 6. The summed E-state index contributed by atoms with van der Waals surface area (Å²) in [6.07, 6.45) is 6.92. The van der Waals surface area contributed by atoms with Crippen molar-refractivity contribution in [3.8, 4) is 5.75 Å². The van der Waals surface area contributed by atoms with E-state index in [1.165, 1.54) is 37.8 Å². The minimum absolute atomic E-state index is 0.333. The van der Waals surface area contributed by atoms with Crippen molar-refractivity contribution in [2.24, 2.45) is 5.41 Å². The average Bonchev–Trinajstić information content (AvgIpc) is 3.01. The van der Waals surface area contributed by atoms with Crippen molar-refractivity contribution in [1.82, 2.24) is 5.32 Å². The standard InChI is InChI=1S/C16H23NO/c1-2-7-16(8-9-16)12-17-11-14-10-13-5-3-4-6-15(13)18-14/h3-6,14,17H,2,7-12H2,1H3. The first kappa shape index (κ1) is 12.0.